The van der Waals surface area contributed by atoms with Gasteiger partial charge in [0.15, 0.2) is 0 Å². The number of pyridine rings is 1. The largest absolute Gasteiger partial charge is 0.268 e. The third kappa shape index (κ3) is 3.16. The Morgan fingerprint density at radius 3 is 2.44 bits per heavy atom. The van der Waals surface area contributed by atoms with Gasteiger partial charge in [-0.3, -0.25) is 9.98 Å². The van der Waals surface area contributed by atoms with Crippen LogP contribution in [-0.2, 0) is 6.54 Å². The lowest BCUT2D eigenvalue weighted by atomic mass is 10.1. The molecule has 4 heteroatoms. The fourth-order valence-electron chi connectivity index (χ4n) is 1.43. The Morgan fingerprint density at radius 1 is 1.17 bits per heavy atom. The topological polar surface area (TPSA) is 49.0 Å². The predicted octanol–water partition coefficient (Wildman–Crippen LogP) is 3.14. The van der Waals surface area contributed by atoms with E-state index in [2.05, 4.69) is 16.0 Å². The van der Waals surface area contributed by atoms with Gasteiger partial charge in [0.1, 0.15) is 5.17 Å². The molecule has 0 radical (unpaired) electrons. The number of benzene rings is 1. The van der Waals surface area contributed by atoms with Crippen molar-refractivity contribution in [1.82, 2.24) is 4.98 Å². The van der Waals surface area contributed by atoms with Gasteiger partial charge in [-0.15, -0.1) is 0 Å². The first-order valence-electron chi connectivity index (χ1n) is 5.39. The van der Waals surface area contributed by atoms with Crippen molar-refractivity contribution in [3.63, 3.8) is 0 Å². The highest BCUT2D eigenvalue weighted by molar-refractivity contribution is 6.69. The van der Waals surface area contributed by atoms with Gasteiger partial charge in [0, 0.05) is 18.0 Å². The van der Waals surface area contributed by atoms with E-state index in [1.807, 2.05) is 24.3 Å². The third-order valence-corrected chi connectivity index (χ3v) is 2.74. The standard InChI is InChI=1S/C14H10ClN3/c15-14(13-5-7-17-8-6-13)18-10-12-3-1-11(9-16)2-4-12/h1-8H,10H2. The molecule has 3 nitrogen and oxygen atoms in total. The molecule has 18 heavy (non-hydrogen) atoms. The first-order chi connectivity index (χ1) is 8.79. The molecule has 0 amide bonds. The molecule has 0 spiro atoms. The van der Waals surface area contributed by atoms with Crippen LogP contribution in [0.25, 0.3) is 0 Å². The fourth-order valence-corrected chi connectivity index (χ4v) is 1.61. The van der Waals surface area contributed by atoms with E-state index in [9.17, 15) is 0 Å². The smallest absolute Gasteiger partial charge is 0.131 e. The van der Waals surface area contributed by atoms with Crippen LogP contribution in [0.4, 0.5) is 0 Å². The van der Waals surface area contributed by atoms with Crippen LogP contribution in [0.5, 0.6) is 0 Å². The molecule has 0 aliphatic rings. The minimum absolute atomic E-state index is 0.460. The van der Waals surface area contributed by atoms with Gasteiger partial charge < -0.3 is 0 Å². The molecule has 0 fully saturated rings. The molecule has 0 saturated carbocycles. The predicted molar refractivity (Wildman–Crippen MR) is 71.5 cm³/mol. The van der Waals surface area contributed by atoms with Crippen LogP contribution in [0, 0.1) is 11.3 Å². The summed E-state index contributed by atoms with van der Waals surface area (Å²) >= 11 is 6.08. The summed E-state index contributed by atoms with van der Waals surface area (Å²) in [4.78, 5) is 8.21. The van der Waals surface area contributed by atoms with Crippen LogP contribution in [0.15, 0.2) is 53.8 Å². The van der Waals surface area contributed by atoms with E-state index in [0.717, 1.165) is 11.1 Å². The Kier molecular flexibility index (Phi) is 4.06. The van der Waals surface area contributed by atoms with Crippen LogP contribution in [0.2, 0.25) is 0 Å². The van der Waals surface area contributed by atoms with Gasteiger partial charge in [-0.1, -0.05) is 23.7 Å². The zero-order chi connectivity index (χ0) is 12.8. The first kappa shape index (κ1) is 12.3. The maximum atomic E-state index is 8.69. The highest BCUT2D eigenvalue weighted by Gasteiger charge is 1.98. The van der Waals surface area contributed by atoms with Crippen molar-refractivity contribution in [3.8, 4) is 6.07 Å². The van der Waals surface area contributed by atoms with Crippen LogP contribution in [-0.4, -0.2) is 10.2 Å². The van der Waals surface area contributed by atoms with E-state index in [0.29, 0.717) is 17.3 Å². The van der Waals surface area contributed by atoms with Crippen molar-refractivity contribution >= 4 is 16.8 Å². The Hall–Kier alpha value is -2.18. The molecule has 1 heterocycles. The fraction of sp³-hybridized carbons (Fsp3) is 0.0714. The van der Waals surface area contributed by atoms with Crippen LogP contribution in [0.1, 0.15) is 16.7 Å². The monoisotopic (exact) mass is 255 g/mol. The molecule has 88 valence electrons. The lowest BCUT2D eigenvalue weighted by molar-refractivity contribution is 1.07. The van der Waals surface area contributed by atoms with Crippen molar-refractivity contribution in [2.24, 2.45) is 4.99 Å². The summed E-state index contributed by atoms with van der Waals surface area (Å²) in [6, 6.07) is 13.0. The molecule has 0 N–H and O–H groups in total. The molecule has 0 aliphatic heterocycles. The minimum atomic E-state index is 0.460. The number of halogens is 1. The lowest BCUT2D eigenvalue weighted by Crippen LogP contribution is -1.93. The quantitative estimate of drug-likeness (QED) is 0.791. The molecule has 2 aromatic rings. The molecule has 0 aliphatic carbocycles. The van der Waals surface area contributed by atoms with Gasteiger partial charge in [0.25, 0.3) is 0 Å². The molecule has 0 unspecified atom stereocenters. The van der Waals surface area contributed by atoms with Crippen LogP contribution in [0.3, 0.4) is 0 Å². The van der Waals surface area contributed by atoms with Crippen LogP contribution >= 0.6 is 11.6 Å². The van der Waals surface area contributed by atoms with E-state index < -0.39 is 0 Å². The Balaban J connectivity index is 2.08. The molecule has 0 atom stereocenters. The molecule has 2 rings (SSSR count). The van der Waals surface area contributed by atoms with Gasteiger partial charge in [0.2, 0.25) is 0 Å². The second-order valence-electron chi connectivity index (χ2n) is 3.65. The van der Waals surface area contributed by atoms with Gasteiger partial charge in [-0.25, -0.2) is 0 Å². The number of hydrogen-bond acceptors (Lipinski definition) is 3. The van der Waals surface area contributed by atoms with Gasteiger partial charge >= 0.3 is 0 Å². The Labute approximate surface area is 110 Å². The van der Waals surface area contributed by atoms with E-state index in [-0.39, 0.29) is 0 Å². The van der Waals surface area contributed by atoms with Crippen molar-refractivity contribution < 1.29 is 0 Å². The van der Waals surface area contributed by atoms with Crippen molar-refractivity contribution in [1.29, 1.82) is 5.26 Å². The summed E-state index contributed by atoms with van der Waals surface area (Å²) in [5, 5.41) is 9.15. The Bertz CT molecular complexity index is 583. The molecule has 1 aromatic carbocycles. The van der Waals surface area contributed by atoms with Crippen LogP contribution < -0.4 is 0 Å². The maximum Gasteiger partial charge on any atom is 0.131 e. The minimum Gasteiger partial charge on any atom is -0.268 e. The maximum absolute atomic E-state index is 8.69. The lowest BCUT2D eigenvalue weighted by Gasteiger charge is -1.99. The molecular formula is C14H10ClN3. The molecular weight excluding hydrogens is 246 g/mol. The average molecular weight is 256 g/mol. The number of aliphatic imine (C=N–C) groups is 1. The summed E-state index contributed by atoms with van der Waals surface area (Å²) in [5.74, 6) is 0. The summed E-state index contributed by atoms with van der Waals surface area (Å²) in [6.07, 6.45) is 3.35. The number of nitrogens with zero attached hydrogens (tertiary/aromatic N) is 3. The van der Waals surface area contributed by atoms with E-state index >= 15 is 0 Å². The molecule has 0 saturated heterocycles. The highest BCUT2D eigenvalue weighted by Crippen LogP contribution is 2.08. The summed E-state index contributed by atoms with van der Waals surface area (Å²) < 4.78 is 0. The highest BCUT2D eigenvalue weighted by atomic mass is 35.5. The molecule has 0 bridgehead atoms. The first-order valence-corrected chi connectivity index (χ1v) is 5.77. The van der Waals surface area contributed by atoms with Crippen molar-refractivity contribution in [3.05, 3.63) is 65.5 Å². The van der Waals surface area contributed by atoms with Gasteiger partial charge in [-0.05, 0) is 29.8 Å². The SMILES string of the molecule is N#Cc1ccc(CN=C(Cl)c2ccncc2)cc1. The zero-order valence-electron chi connectivity index (χ0n) is 9.55. The van der Waals surface area contributed by atoms with E-state index in [1.165, 1.54) is 0 Å². The average Bonchev–Trinajstić information content (AvgIpc) is 2.46. The summed E-state index contributed by atoms with van der Waals surface area (Å²) in [6.45, 7) is 0.493. The number of hydrogen-bond donors (Lipinski definition) is 0. The summed E-state index contributed by atoms with van der Waals surface area (Å²) in [5.41, 5.74) is 2.50. The van der Waals surface area contributed by atoms with Gasteiger partial charge in [0.05, 0.1) is 18.2 Å². The van der Waals surface area contributed by atoms with Gasteiger partial charge in [-0.2, -0.15) is 5.26 Å². The number of nitriles is 1. The van der Waals surface area contributed by atoms with E-state index in [4.69, 9.17) is 16.9 Å². The normalized spacial score (nSPS) is 11.0. The third-order valence-electron chi connectivity index (χ3n) is 2.40. The number of aromatic nitrogens is 1. The Morgan fingerprint density at radius 2 is 1.83 bits per heavy atom. The van der Waals surface area contributed by atoms with E-state index in [1.54, 1.807) is 24.5 Å². The zero-order valence-corrected chi connectivity index (χ0v) is 10.3. The van der Waals surface area contributed by atoms with Crippen molar-refractivity contribution in [2.75, 3.05) is 0 Å². The number of rotatable bonds is 3. The second-order valence-corrected chi connectivity index (χ2v) is 4.01. The van der Waals surface area contributed by atoms with Crippen molar-refractivity contribution in [2.45, 2.75) is 6.54 Å². The second kappa shape index (κ2) is 5.95. The summed E-state index contributed by atoms with van der Waals surface area (Å²) in [7, 11) is 0. The molecule has 1 aromatic heterocycles.